The highest BCUT2D eigenvalue weighted by Crippen LogP contribution is 2.22. The first-order valence-electron chi connectivity index (χ1n) is 6.60. The minimum absolute atomic E-state index is 0.0965. The zero-order valence-corrected chi connectivity index (χ0v) is 12.5. The fourth-order valence-corrected chi connectivity index (χ4v) is 2.92. The zero-order chi connectivity index (χ0) is 13.8. The van der Waals surface area contributed by atoms with E-state index in [4.69, 9.17) is 0 Å². The molecule has 0 atom stereocenters. The SMILES string of the molecule is CCN(C(=O)c1cc(F)ccc1Br)C1CCNCC1. The van der Waals surface area contributed by atoms with Crippen LogP contribution in [0.5, 0.6) is 0 Å². The number of nitrogens with zero attached hydrogens (tertiary/aromatic N) is 1. The molecule has 1 N–H and O–H groups in total. The van der Waals surface area contributed by atoms with Crippen molar-refractivity contribution in [2.24, 2.45) is 0 Å². The van der Waals surface area contributed by atoms with Gasteiger partial charge >= 0.3 is 0 Å². The molecule has 1 saturated heterocycles. The van der Waals surface area contributed by atoms with E-state index in [0.717, 1.165) is 25.9 Å². The van der Waals surface area contributed by atoms with E-state index in [-0.39, 0.29) is 17.8 Å². The van der Waals surface area contributed by atoms with E-state index < -0.39 is 0 Å². The van der Waals surface area contributed by atoms with Crippen LogP contribution in [0.15, 0.2) is 22.7 Å². The van der Waals surface area contributed by atoms with Crippen LogP contribution in [0.2, 0.25) is 0 Å². The first-order chi connectivity index (χ1) is 9.13. The Morgan fingerprint density at radius 2 is 2.16 bits per heavy atom. The second-order valence-electron chi connectivity index (χ2n) is 4.70. The lowest BCUT2D eigenvalue weighted by Crippen LogP contribution is -2.46. The quantitative estimate of drug-likeness (QED) is 0.925. The van der Waals surface area contributed by atoms with E-state index in [1.807, 2.05) is 11.8 Å². The molecule has 0 aliphatic carbocycles. The van der Waals surface area contributed by atoms with Crippen LogP contribution >= 0.6 is 15.9 Å². The number of rotatable bonds is 3. The van der Waals surface area contributed by atoms with Gasteiger partial charge in [-0.3, -0.25) is 4.79 Å². The highest BCUT2D eigenvalue weighted by molar-refractivity contribution is 9.10. The third-order valence-corrected chi connectivity index (χ3v) is 4.20. The zero-order valence-electron chi connectivity index (χ0n) is 11.0. The summed E-state index contributed by atoms with van der Waals surface area (Å²) in [6.07, 6.45) is 1.90. The first kappa shape index (κ1) is 14.5. The molecule has 19 heavy (non-hydrogen) atoms. The molecule has 0 saturated carbocycles. The highest BCUT2D eigenvalue weighted by Gasteiger charge is 2.26. The number of hydrogen-bond acceptors (Lipinski definition) is 2. The third-order valence-electron chi connectivity index (χ3n) is 3.51. The molecule has 3 nitrogen and oxygen atoms in total. The Morgan fingerprint density at radius 1 is 1.47 bits per heavy atom. The van der Waals surface area contributed by atoms with Crippen LogP contribution in [0.1, 0.15) is 30.1 Å². The summed E-state index contributed by atoms with van der Waals surface area (Å²) in [4.78, 5) is 14.4. The van der Waals surface area contributed by atoms with Gasteiger partial charge in [0.05, 0.1) is 5.56 Å². The summed E-state index contributed by atoms with van der Waals surface area (Å²) >= 11 is 3.33. The summed E-state index contributed by atoms with van der Waals surface area (Å²) < 4.78 is 14.0. The predicted molar refractivity (Wildman–Crippen MR) is 76.7 cm³/mol. The standard InChI is InChI=1S/C14H18BrFN2O/c1-2-18(11-5-7-17-8-6-11)14(19)12-9-10(16)3-4-13(12)15/h3-4,9,11,17H,2,5-8H2,1H3. The minimum Gasteiger partial charge on any atom is -0.336 e. The number of carbonyl (C=O) groups excluding carboxylic acids is 1. The number of carbonyl (C=O) groups is 1. The van der Waals surface area contributed by atoms with Gasteiger partial charge in [0.25, 0.3) is 5.91 Å². The largest absolute Gasteiger partial charge is 0.336 e. The summed E-state index contributed by atoms with van der Waals surface area (Å²) in [5.74, 6) is -0.478. The fraction of sp³-hybridized carbons (Fsp3) is 0.500. The van der Waals surface area contributed by atoms with Crippen molar-refractivity contribution in [3.8, 4) is 0 Å². The molecule has 1 heterocycles. The number of halogens is 2. The Labute approximate surface area is 121 Å². The van der Waals surface area contributed by atoms with E-state index in [1.54, 1.807) is 6.07 Å². The Morgan fingerprint density at radius 3 is 2.79 bits per heavy atom. The monoisotopic (exact) mass is 328 g/mol. The topological polar surface area (TPSA) is 32.3 Å². The molecule has 2 rings (SSSR count). The number of nitrogens with one attached hydrogen (secondary N) is 1. The van der Waals surface area contributed by atoms with E-state index in [0.29, 0.717) is 16.6 Å². The summed E-state index contributed by atoms with van der Waals surface area (Å²) in [5.41, 5.74) is 0.403. The molecule has 1 amide bonds. The Bertz CT molecular complexity index is 461. The predicted octanol–water partition coefficient (Wildman–Crippen LogP) is 2.80. The molecule has 0 radical (unpaired) electrons. The molecule has 104 valence electrons. The summed E-state index contributed by atoms with van der Waals surface area (Å²) in [6.45, 7) is 4.47. The van der Waals surface area contributed by atoms with Gasteiger partial charge in [-0.05, 0) is 67.0 Å². The van der Waals surface area contributed by atoms with Crippen LogP contribution in [-0.4, -0.2) is 36.5 Å². The Hall–Kier alpha value is -0.940. The second kappa shape index (κ2) is 6.48. The summed E-state index contributed by atoms with van der Waals surface area (Å²) in [5, 5.41) is 3.29. The van der Waals surface area contributed by atoms with E-state index in [2.05, 4.69) is 21.2 Å². The van der Waals surface area contributed by atoms with Crippen molar-refractivity contribution in [1.29, 1.82) is 0 Å². The van der Waals surface area contributed by atoms with Crippen LogP contribution in [0, 0.1) is 5.82 Å². The normalized spacial score (nSPS) is 16.4. The van der Waals surface area contributed by atoms with Crippen molar-refractivity contribution < 1.29 is 9.18 Å². The average Bonchev–Trinajstić information content (AvgIpc) is 2.43. The second-order valence-corrected chi connectivity index (χ2v) is 5.55. The Balaban J connectivity index is 2.22. The van der Waals surface area contributed by atoms with Crippen molar-refractivity contribution in [2.45, 2.75) is 25.8 Å². The highest BCUT2D eigenvalue weighted by atomic mass is 79.9. The van der Waals surface area contributed by atoms with Gasteiger partial charge in [0.2, 0.25) is 0 Å². The van der Waals surface area contributed by atoms with E-state index >= 15 is 0 Å². The third kappa shape index (κ3) is 3.34. The molecular formula is C14H18BrFN2O. The molecular weight excluding hydrogens is 311 g/mol. The molecule has 0 aromatic heterocycles. The van der Waals surface area contributed by atoms with E-state index in [1.165, 1.54) is 12.1 Å². The molecule has 0 spiro atoms. The van der Waals surface area contributed by atoms with Crippen molar-refractivity contribution in [2.75, 3.05) is 19.6 Å². The van der Waals surface area contributed by atoms with Crippen LogP contribution in [0.4, 0.5) is 4.39 Å². The smallest absolute Gasteiger partial charge is 0.255 e. The molecule has 1 aromatic rings. The lowest BCUT2D eigenvalue weighted by molar-refractivity contribution is 0.0654. The number of hydrogen-bond donors (Lipinski definition) is 1. The lowest BCUT2D eigenvalue weighted by atomic mass is 10.0. The molecule has 0 unspecified atom stereocenters. The van der Waals surface area contributed by atoms with Gasteiger partial charge in [0.1, 0.15) is 5.82 Å². The fourth-order valence-electron chi connectivity index (χ4n) is 2.50. The van der Waals surface area contributed by atoms with Crippen LogP contribution in [0.3, 0.4) is 0 Å². The van der Waals surface area contributed by atoms with Gasteiger partial charge < -0.3 is 10.2 Å². The van der Waals surface area contributed by atoms with Crippen molar-refractivity contribution in [3.05, 3.63) is 34.1 Å². The average molecular weight is 329 g/mol. The Kier molecular flexibility index (Phi) is 4.93. The van der Waals surface area contributed by atoms with Crippen molar-refractivity contribution in [1.82, 2.24) is 10.2 Å². The number of amides is 1. The molecule has 0 bridgehead atoms. The maximum absolute atomic E-state index is 13.3. The maximum atomic E-state index is 13.3. The molecule has 1 fully saturated rings. The first-order valence-corrected chi connectivity index (χ1v) is 7.39. The molecule has 1 aliphatic rings. The van der Waals surface area contributed by atoms with Gasteiger partial charge in [-0.15, -0.1) is 0 Å². The van der Waals surface area contributed by atoms with Crippen LogP contribution in [0.25, 0.3) is 0 Å². The van der Waals surface area contributed by atoms with Gasteiger partial charge in [0, 0.05) is 17.1 Å². The summed E-state index contributed by atoms with van der Waals surface area (Å²) in [6, 6.07) is 4.48. The molecule has 5 heteroatoms. The maximum Gasteiger partial charge on any atom is 0.255 e. The summed E-state index contributed by atoms with van der Waals surface area (Å²) in [7, 11) is 0. The van der Waals surface area contributed by atoms with Gasteiger partial charge in [0.15, 0.2) is 0 Å². The lowest BCUT2D eigenvalue weighted by Gasteiger charge is -2.34. The van der Waals surface area contributed by atoms with Crippen LogP contribution in [-0.2, 0) is 0 Å². The van der Waals surface area contributed by atoms with E-state index in [9.17, 15) is 9.18 Å². The molecule has 1 aromatic carbocycles. The number of benzene rings is 1. The van der Waals surface area contributed by atoms with Gasteiger partial charge in [-0.25, -0.2) is 4.39 Å². The van der Waals surface area contributed by atoms with Gasteiger partial charge in [-0.2, -0.15) is 0 Å². The van der Waals surface area contributed by atoms with Crippen molar-refractivity contribution in [3.63, 3.8) is 0 Å². The van der Waals surface area contributed by atoms with Crippen LogP contribution < -0.4 is 5.32 Å². The van der Waals surface area contributed by atoms with Crippen molar-refractivity contribution >= 4 is 21.8 Å². The molecule has 1 aliphatic heterocycles. The van der Waals surface area contributed by atoms with Gasteiger partial charge in [-0.1, -0.05) is 0 Å². The minimum atomic E-state index is -0.382. The number of piperidine rings is 1.